The number of rotatable bonds is 5. The summed E-state index contributed by atoms with van der Waals surface area (Å²) in [6.45, 7) is 4.72. The summed E-state index contributed by atoms with van der Waals surface area (Å²) in [5.41, 5.74) is 2.37. The second-order valence-electron chi connectivity index (χ2n) is 7.87. The highest BCUT2D eigenvalue weighted by Gasteiger charge is 2.23. The topological polar surface area (TPSA) is 65.5 Å². The number of hydrogen-bond donors (Lipinski definition) is 2. The summed E-state index contributed by atoms with van der Waals surface area (Å²) in [5.74, 6) is 0.959. The highest BCUT2D eigenvalue weighted by Crippen LogP contribution is 2.30. The molecule has 0 spiro atoms. The van der Waals surface area contributed by atoms with E-state index < -0.39 is 11.6 Å². The van der Waals surface area contributed by atoms with Crippen molar-refractivity contribution in [1.29, 1.82) is 0 Å². The molecule has 0 atom stereocenters. The third-order valence-electron chi connectivity index (χ3n) is 5.73. The maximum absolute atomic E-state index is 14.4. The molecule has 1 aromatic heterocycles. The van der Waals surface area contributed by atoms with Gasteiger partial charge in [0, 0.05) is 49.7 Å². The van der Waals surface area contributed by atoms with E-state index in [1.165, 1.54) is 6.07 Å². The zero-order valence-electron chi connectivity index (χ0n) is 17.8. The Bertz CT molecular complexity index is 1140. The van der Waals surface area contributed by atoms with E-state index in [0.29, 0.717) is 36.1 Å². The molecule has 172 valence electrons. The van der Waals surface area contributed by atoms with E-state index in [1.54, 1.807) is 6.20 Å². The Morgan fingerprint density at radius 3 is 2.58 bits per heavy atom. The lowest BCUT2D eigenvalue weighted by molar-refractivity contribution is 0.122. The van der Waals surface area contributed by atoms with Crippen LogP contribution in [0, 0.1) is 15.2 Å². The molecule has 1 saturated heterocycles. The second kappa shape index (κ2) is 9.64. The first kappa shape index (κ1) is 22.1. The van der Waals surface area contributed by atoms with Gasteiger partial charge in [-0.25, -0.2) is 18.7 Å². The largest absolute Gasteiger partial charge is 0.378 e. The Hall–Kier alpha value is -2.73. The average molecular weight is 564 g/mol. The first-order valence-electron chi connectivity index (χ1n) is 10.8. The van der Waals surface area contributed by atoms with Gasteiger partial charge in [0.05, 0.1) is 23.0 Å². The Morgan fingerprint density at radius 1 is 1.03 bits per heavy atom. The second-order valence-corrected chi connectivity index (χ2v) is 8.95. The molecule has 0 bridgehead atoms. The maximum Gasteiger partial charge on any atom is 0.174 e. The van der Waals surface area contributed by atoms with Gasteiger partial charge in [-0.15, -0.1) is 0 Å². The number of halogens is 3. The molecule has 2 aliphatic heterocycles. The summed E-state index contributed by atoms with van der Waals surface area (Å²) in [6.07, 6.45) is 1.66. The Balaban J connectivity index is 1.35. The molecule has 7 nitrogen and oxygen atoms in total. The first-order chi connectivity index (χ1) is 16.1. The summed E-state index contributed by atoms with van der Waals surface area (Å²) in [6, 6.07) is 10.5. The normalized spacial score (nSPS) is 15.7. The average Bonchev–Trinajstić information content (AvgIpc) is 2.85. The van der Waals surface area contributed by atoms with Gasteiger partial charge >= 0.3 is 0 Å². The SMILES string of the molecule is Fc1ccc(F)c(CN2CCNc3ncc(Nc4ccc(N5CCOCC5)cc4)nc32)c1I. The molecule has 0 aliphatic carbocycles. The highest BCUT2D eigenvalue weighted by atomic mass is 127. The smallest absolute Gasteiger partial charge is 0.174 e. The molecule has 3 aromatic rings. The molecular formula is C23H23F2IN6O. The number of hydrogen-bond acceptors (Lipinski definition) is 7. The molecule has 2 aliphatic rings. The van der Waals surface area contributed by atoms with Crippen LogP contribution in [0.4, 0.5) is 37.6 Å². The number of fused-ring (bicyclic) bond motifs is 1. The summed E-state index contributed by atoms with van der Waals surface area (Å²) in [7, 11) is 0. The third kappa shape index (κ3) is 4.81. The quantitative estimate of drug-likeness (QED) is 0.353. The maximum atomic E-state index is 14.4. The Labute approximate surface area is 204 Å². The van der Waals surface area contributed by atoms with E-state index in [0.717, 1.165) is 43.7 Å². The predicted octanol–water partition coefficient (Wildman–Crippen LogP) is 4.37. The van der Waals surface area contributed by atoms with Crippen LogP contribution in [-0.2, 0) is 11.3 Å². The van der Waals surface area contributed by atoms with E-state index in [1.807, 2.05) is 39.6 Å². The van der Waals surface area contributed by atoms with Crippen LogP contribution in [0.25, 0.3) is 0 Å². The van der Waals surface area contributed by atoms with Crippen molar-refractivity contribution in [3.05, 3.63) is 63.4 Å². The predicted molar refractivity (Wildman–Crippen MR) is 133 cm³/mol. The van der Waals surface area contributed by atoms with Gasteiger partial charge < -0.3 is 25.2 Å². The van der Waals surface area contributed by atoms with Crippen molar-refractivity contribution in [3.8, 4) is 0 Å². The fraction of sp³-hybridized carbons (Fsp3) is 0.304. The third-order valence-corrected chi connectivity index (χ3v) is 6.90. The molecule has 1 fully saturated rings. The molecule has 2 N–H and O–H groups in total. The van der Waals surface area contributed by atoms with E-state index in [-0.39, 0.29) is 10.1 Å². The van der Waals surface area contributed by atoms with Gasteiger partial charge in [0.25, 0.3) is 0 Å². The van der Waals surface area contributed by atoms with E-state index in [9.17, 15) is 8.78 Å². The van der Waals surface area contributed by atoms with E-state index >= 15 is 0 Å². The van der Waals surface area contributed by atoms with Crippen molar-refractivity contribution in [2.75, 3.05) is 59.8 Å². The number of anilines is 5. The lowest BCUT2D eigenvalue weighted by atomic mass is 10.2. The fourth-order valence-corrected chi connectivity index (χ4v) is 4.59. The van der Waals surface area contributed by atoms with Crippen molar-refractivity contribution >= 4 is 51.4 Å². The van der Waals surface area contributed by atoms with Crippen LogP contribution in [0.15, 0.2) is 42.6 Å². The number of benzene rings is 2. The summed E-state index contributed by atoms with van der Waals surface area (Å²) >= 11 is 1.85. The molecule has 2 aromatic carbocycles. The summed E-state index contributed by atoms with van der Waals surface area (Å²) in [5, 5.41) is 6.52. The van der Waals surface area contributed by atoms with Crippen molar-refractivity contribution < 1.29 is 13.5 Å². The van der Waals surface area contributed by atoms with Crippen LogP contribution in [0.3, 0.4) is 0 Å². The lowest BCUT2D eigenvalue weighted by Gasteiger charge is -2.31. The first-order valence-corrected chi connectivity index (χ1v) is 11.8. The van der Waals surface area contributed by atoms with Gasteiger partial charge in [-0.05, 0) is 59.0 Å². The lowest BCUT2D eigenvalue weighted by Crippen LogP contribution is -2.36. The minimum atomic E-state index is -0.427. The minimum Gasteiger partial charge on any atom is -0.378 e. The number of nitrogens with one attached hydrogen (secondary N) is 2. The van der Waals surface area contributed by atoms with Gasteiger partial charge in [0.1, 0.15) is 11.6 Å². The van der Waals surface area contributed by atoms with Gasteiger partial charge in [-0.3, -0.25) is 0 Å². The minimum absolute atomic E-state index is 0.211. The molecule has 0 unspecified atom stereocenters. The summed E-state index contributed by atoms with van der Waals surface area (Å²) < 4.78 is 34.1. The number of ether oxygens (including phenoxy) is 1. The van der Waals surface area contributed by atoms with Crippen LogP contribution in [-0.4, -0.2) is 49.4 Å². The monoisotopic (exact) mass is 564 g/mol. The van der Waals surface area contributed by atoms with Crippen LogP contribution >= 0.6 is 22.6 Å². The molecule has 0 radical (unpaired) electrons. The van der Waals surface area contributed by atoms with Crippen LogP contribution in [0.2, 0.25) is 0 Å². The van der Waals surface area contributed by atoms with Crippen molar-refractivity contribution in [2.45, 2.75) is 6.54 Å². The van der Waals surface area contributed by atoms with Gasteiger partial charge in [-0.2, -0.15) is 0 Å². The number of aromatic nitrogens is 2. The standard InChI is InChI=1S/C23H23F2IN6O/c24-18-5-6-19(25)21(26)17(18)14-32-8-7-27-22-23(32)30-20(13-28-22)29-15-1-3-16(4-2-15)31-9-11-33-12-10-31/h1-6,13H,7-12,14H2,(H,27,28)(H,29,30). The molecular weight excluding hydrogens is 541 g/mol. The van der Waals surface area contributed by atoms with Gasteiger partial charge in [0.15, 0.2) is 17.5 Å². The molecule has 0 saturated carbocycles. The van der Waals surface area contributed by atoms with Crippen molar-refractivity contribution in [2.24, 2.45) is 0 Å². The molecule has 5 rings (SSSR count). The van der Waals surface area contributed by atoms with E-state index in [4.69, 9.17) is 9.72 Å². The zero-order chi connectivity index (χ0) is 22.8. The molecule has 0 amide bonds. The van der Waals surface area contributed by atoms with Crippen molar-refractivity contribution in [3.63, 3.8) is 0 Å². The fourth-order valence-electron chi connectivity index (χ4n) is 3.98. The van der Waals surface area contributed by atoms with Crippen LogP contribution < -0.4 is 20.4 Å². The van der Waals surface area contributed by atoms with Crippen LogP contribution in [0.1, 0.15) is 5.56 Å². The van der Waals surface area contributed by atoms with Gasteiger partial charge in [-0.1, -0.05) is 0 Å². The van der Waals surface area contributed by atoms with Gasteiger partial charge in [0.2, 0.25) is 0 Å². The number of morpholine rings is 1. The number of nitrogens with zero attached hydrogens (tertiary/aromatic N) is 4. The highest BCUT2D eigenvalue weighted by molar-refractivity contribution is 14.1. The molecule has 33 heavy (non-hydrogen) atoms. The Morgan fingerprint density at radius 2 is 1.79 bits per heavy atom. The Kier molecular flexibility index (Phi) is 6.45. The summed E-state index contributed by atoms with van der Waals surface area (Å²) in [4.78, 5) is 13.4. The molecule has 3 heterocycles. The zero-order valence-corrected chi connectivity index (χ0v) is 20.0. The van der Waals surface area contributed by atoms with Crippen LogP contribution in [0.5, 0.6) is 0 Å². The van der Waals surface area contributed by atoms with Crippen molar-refractivity contribution in [1.82, 2.24) is 9.97 Å². The molecule has 10 heteroatoms. The van der Waals surface area contributed by atoms with E-state index in [2.05, 4.69) is 32.7 Å².